The van der Waals surface area contributed by atoms with Gasteiger partial charge in [0.05, 0.1) is 19.3 Å². The standard InChI is InChI=1S/C11H21NO3/c1-4-9(2)15-11(13)10(3)12-5-7-14-8-6-12/h9-10H,4-8H2,1-3H3. The predicted molar refractivity (Wildman–Crippen MR) is 57.7 cm³/mol. The van der Waals surface area contributed by atoms with Gasteiger partial charge in [-0.2, -0.15) is 0 Å². The van der Waals surface area contributed by atoms with Gasteiger partial charge in [-0.15, -0.1) is 0 Å². The van der Waals surface area contributed by atoms with Crippen molar-refractivity contribution in [2.24, 2.45) is 0 Å². The van der Waals surface area contributed by atoms with Crippen LogP contribution in [0, 0.1) is 0 Å². The van der Waals surface area contributed by atoms with Crippen molar-refractivity contribution >= 4 is 5.97 Å². The molecule has 4 nitrogen and oxygen atoms in total. The summed E-state index contributed by atoms with van der Waals surface area (Å²) in [5, 5.41) is 0. The number of ether oxygens (including phenoxy) is 2. The Labute approximate surface area is 91.5 Å². The van der Waals surface area contributed by atoms with Crippen LogP contribution >= 0.6 is 0 Å². The second-order valence-corrected chi connectivity index (χ2v) is 3.98. The first-order chi connectivity index (χ1) is 7.15. The average molecular weight is 215 g/mol. The van der Waals surface area contributed by atoms with Crippen LogP contribution in [0.25, 0.3) is 0 Å². The van der Waals surface area contributed by atoms with Crippen molar-refractivity contribution in [2.75, 3.05) is 26.3 Å². The van der Waals surface area contributed by atoms with Gasteiger partial charge in [-0.1, -0.05) is 6.92 Å². The van der Waals surface area contributed by atoms with Crippen LogP contribution in [0.4, 0.5) is 0 Å². The summed E-state index contributed by atoms with van der Waals surface area (Å²) in [6.45, 7) is 8.88. The molecule has 2 unspecified atom stereocenters. The summed E-state index contributed by atoms with van der Waals surface area (Å²) in [4.78, 5) is 13.8. The maximum absolute atomic E-state index is 11.7. The van der Waals surface area contributed by atoms with Crippen LogP contribution in [0.3, 0.4) is 0 Å². The van der Waals surface area contributed by atoms with Crippen LogP contribution in [0.1, 0.15) is 27.2 Å². The fourth-order valence-corrected chi connectivity index (χ4v) is 1.49. The third kappa shape index (κ3) is 3.80. The number of hydrogen-bond acceptors (Lipinski definition) is 4. The van der Waals surface area contributed by atoms with Gasteiger partial charge in [-0.3, -0.25) is 9.69 Å². The zero-order valence-corrected chi connectivity index (χ0v) is 9.86. The quantitative estimate of drug-likeness (QED) is 0.657. The Balaban J connectivity index is 2.37. The number of rotatable bonds is 4. The summed E-state index contributed by atoms with van der Waals surface area (Å²) < 4.78 is 10.5. The van der Waals surface area contributed by atoms with Crippen molar-refractivity contribution in [3.05, 3.63) is 0 Å². The van der Waals surface area contributed by atoms with Crippen LogP contribution in [-0.2, 0) is 14.3 Å². The summed E-state index contributed by atoms with van der Waals surface area (Å²) in [6.07, 6.45) is 0.877. The van der Waals surface area contributed by atoms with Gasteiger partial charge in [-0.25, -0.2) is 0 Å². The highest BCUT2D eigenvalue weighted by atomic mass is 16.5. The van der Waals surface area contributed by atoms with E-state index in [4.69, 9.17) is 9.47 Å². The minimum atomic E-state index is -0.150. The fourth-order valence-electron chi connectivity index (χ4n) is 1.49. The van der Waals surface area contributed by atoms with E-state index in [1.807, 2.05) is 20.8 Å². The first kappa shape index (κ1) is 12.5. The molecular weight excluding hydrogens is 194 g/mol. The molecule has 0 radical (unpaired) electrons. The number of hydrogen-bond donors (Lipinski definition) is 0. The van der Waals surface area contributed by atoms with Gasteiger partial charge >= 0.3 is 5.97 Å². The minimum Gasteiger partial charge on any atom is -0.462 e. The van der Waals surface area contributed by atoms with E-state index in [0.29, 0.717) is 13.2 Å². The van der Waals surface area contributed by atoms with Crippen molar-refractivity contribution in [3.63, 3.8) is 0 Å². The Morgan fingerprint density at radius 2 is 2.00 bits per heavy atom. The lowest BCUT2D eigenvalue weighted by molar-refractivity contribution is -0.155. The Hall–Kier alpha value is -0.610. The predicted octanol–water partition coefficient (Wildman–Crippen LogP) is 1.05. The number of carbonyl (C=O) groups is 1. The highest BCUT2D eigenvalue weighted by Gasteiger charge is 2.25. The first-order valence-electron chi connectivity index (χ1n) is 5.67. The molecule has 1 saturated heterocycles. The smallest absolute Gasteiger partial charge is 0.323 e. The van der Waals surface area contributed by atoms with Gasteiger partial charge in [-0.05, 0) is 20.3 Å². The number of esters is 1. The second-order valence-electron chi connectivity index (χ2n) is 3.98. The highest BCUT2D eigenvalue weighted by Crippen LogP contribution is 2.07. The molecule has 1 aliphatic rings. The van der Waals surface area contributed by atoms with Gasteiger partial charge < -0.3 is 9.47 Å². The summed E-state index contributed by atoms with van der Waals surface area (Å²) in [5.41, 5.74) is 0. The van der Waals surface area contributed by atoms with E-state index in [9.17, 15) is 4.79 Å². The Bertz CT molecular complexity index is 202. The maximum Gasteiger partial charge on any atom is 0.323 e. The molecule has 0 aromatic rings. The van der Waals surface area contributed by atoms with E-state index in [2.05, 4.69) is 4.90 Å². The SMILES string of the molecule is CCC(C)OC(=O)C(C)N1CCOCC1. The van der Waals surface area contributed by atoms with Crippen LogP contribution < -0.4 is 0 Å². The third-order valence-electron chi connectivity index (χ3n) is 2.83. The molecule has 0 aromatic heterocycles. The Morgan fingerprint density at radius 1 is 1.40 bits per heavy atom. The van der Waals surface area contributed by atoms with E-state index in [1.165, 1.54) is 0 Å². The van der Waals surface area contributed by atoms with Gasteiger partial charge in [0.2, 0.25) is 0 Å². The summed E-state index contributed by atoms with van der Waals surface area (Å²) in [5.74, 6) is -0.119. The van der Waals surface area contributed by atoms with Crippen LogP contribution in [0.15, 0.2) is 0 Å². The average Bonchev–Trinajstić information content (AvgIpc) is 2.29. The molecule has 0 N–H and O–H groups in total. The monoisotopic (exact) mass is 215 g/mol. The lowest BCUT2D eigenvalue weighted by atomic mass is 10.2. The minimum absolute atomic E-state index is 0.0148. The van der Waals surface area contributed by atoms with E-state index >= 15 is 0 Å². The highest BCUT2D eigenvalue weighted by molar-refractivity contribution is 5.75. The molecule has 0 spiro atoms. The summed E-state index contributed by atoms with van der Waals surface area (Å²) >= 11 is 0. The van der Waals surface area contributed by atoms with Crippen molar-refractivity contribution in [1.82, 2.24) is 4.90 Å². The maximum atomic E-state index is 11.7. The number of morpholine rings is 1. The van der Waals surface area contributed by atoms with Crippen LogP contribution in [-0.4, -0.2) is 49.3 Å². The molecule has 1 rings (SSSR count). The molecule has 1 heterocycles. The van der Waals surface area contributed by atoms with E-state index in [0.717, 1.165) is 19.5 Å². The van der Waals surface area contributed by atoms with Crippen molar-refractivity contribution < 1.29 is 14.3 Å². The van der Waals surface area contributed by atoms with Gasteiger partial charge in [0.15, 0.2) is 0 Å². The molecule has 1 aliphatic heterocycles. The molecule has 0 amide bonds. The third-order valence-corrected chi connectivity index (χ3v) is 2.83. The zero-order valence-electron chi connectivity index (χ0n) is 9.86. The van der Waals surface area contributed by atoms with Gasteiger partial charge in [0.1, 0.15) is 6.04 Å². The van der Waals surface area contributed by atoms with Crippen LogP contribution in [0.5, 0.6) is 0 Å². The summed E-state index contributed by atoms with van der Waals surface area (Å²) in [7, 11) is 0. The molecular formula is C11H21NO3. The van der Waals surface area contributed by atoms with Crippen molar-refractivity contribution in [3.8, 4) is 0 Å². The Kier molecular flexibility index (Phi) is 5.05. The molecule has 0 bridgehead atoms. The molecule has 0 aliphatic carbocycles. The lowest BCUT2D eigenvalue weighted by Gasteiger charge is -2.31. The van der Waals surface area contributed by atoms with E-state index in [1.54, 1.807) is 0 Å². The normalized spacial score (nSPS) is 22.1. The molecule has 2 atom stereocenters. The summed E-state index contributed by atoms with van der Waals surface area (Å²) in [6, 6.07) is -0.150. The second kappa shape index (κ2) is 6.08. The molecule has 0 saturated carbocycles. The van der Waals surface area contributed by atoms with E-state index < -0.39 is 0 Å². The van der Waals surface area contributed by atoms with E-state index in [-0.39, 0.29) is 18.1 Å². The Morgan fingerprint density at radius 3 is 2.53 bits per heavy atom. The molecule has 15 heavy (non-hydrogen) atoms. The van der Waals surface area contributed by atoms with Gasteiger partial charge in [0, 0.05) is 13.1 Å². The molecule has 1 fully saturated rings. The molecule has 88 valence electrons. The lowest BCUT2D eigenvalue weighted by Crippen LogP contribution is -2.46. The number of carbonyl (C=O) groups excluding carboxylic acids is 1. The van der Waals surface area contributed by atoms with Crippen LogP contribution in [0.2, 0.25) is 0 Å². The first-order valence-corrected chi connectivity index (χ1v) is 5.67. The molecule has 4 heteroatoms. The van der Waals surface area contributed by atoms with Crippen molar-refractivity contribution in [1.29, 1.82) is 0 Å². The van der Waals surface area contributed by atoms with Gasteiger partial charge in [0.25, 0.3) is 0 Å². The van der Waals surface area contributed by atoms with Crippen molar-refractivity contribution in [2.45, 2.75) is 39.3 Å². The number of nitrogens with zero attached hydrogens (tertiary/aromatic N) is 1. The zero-order chi connectivity index (χ0) is 11.3. The fraction of sp³-hybridized carbons (Fsp3) is 0.909. The molecule has 0 aromatic carbocycles. The topological polar surface area (TPSA) is 38.8 Å². The largest absolute Gasteiger partial charge is 0.462 e.